The Morgan fingerprint density at radius 3 is 2.26 bits per heavy atom. The molecule has 10 heteroatoms. The van der Waals surface area contributed by atoms with Crippen molar-refractivity contribution in [3.8, 4) is 16.9 Å². The molecule has 4 rings (SSSR count). The fraction of sp³-hybridized carbons (Fsp3) is 0.250. The molecule has 0 saturated carbocycles. The summed E-state index contributed by atoms with van der Waals surface area (Å²) in [5.41, 5.74) is 4.27. The first-order chi connectivity index (χ1) is 17.8. The molecule has 3 aromatic rings. The van der Waals surface area contributed by atoms with Gasteiger partial charge in [0.2, 0.25) is 0 Å². The number of carboxylic acids is 1. The van der Waals surface area contributed by atoms with Crippen molar-refractivity contribution in [3.05, 3.63) is 82.9 Å². The first-order valence-electron chi connectivity index (χ1n) is 11.8. The number of halogens is 3. The highest BCUT2D eigenvalue weighted by Gasteiger charge is 2.38. The summed E-state index contributed by atoms with van der Waals surface area (Å²) in [6, 6.07) is 14.3. The number of nitrogens with one attached hydrogen (secondary N) is 1. The zero-order valence-electron chi connectivity index (χ0n) is 20.8. The number of aliphatic carboxylic acids is 1. The number of rotatable bonds is 7. The molecule has 1 aliphatic heterocycles. The zero-order chi connectivity index (χ0) is 27.8. The van der Waals surface area contributed by atoms with Gasteiger partial charge in [0.1, 0.15) is 11.8 Å². The molecular weight excluding hydrogens is 501 g/mol. The van der Waals surface area contributed by atoms with E-state index in [1.165, 1.54) is 17.0 Å². The lowest BCUT2D eigenvalue weighted by molar-refractivity contribution is -0.274. The maximum Gasteiger partial charge on any atom is 0.573 e. The lowest BCUT2D eigenvalue weighted by Crippen LogP contribution is -2.44. The number of carbonyl (C=O) groups excluding carboxylic acids is 2. The summed E-state index contributed by atoms with van der Waals surface area (Å²) in [6.45, 7) is 5.61. The third kappa shape index (κ3) is 5.64. The second kappa shape index (κ2) is 10.2. The lowest BCUT2D eigenvalue weighted by Gasteiger charge is -2.27. The van der Waals surface area contributed by atoms with Crippen molar-refractivity contribution in [3.63, 3.8) is 0 Å². The van der Waals surface area contributed by atoms with Gasteiger partial charge in [0.25, 0.3) is 11.8 Å². The molecule has 1 aliphatic rings. The molecule has 0 bridgehead atoms. The molecule has 198 valence electrons. The average Bonchev–Trinajstić information content (AvgIpc) is 3.13. The topological polar surface area (TPSA) is 95.9 Å². The summed E-state index contributed by atoms with van der Waals surface area (Å²) in [7, 11) is 0. The first kappa shape index (κ1) is 26.7. The summed E-state index contributed by atoms with van der Waals surface area (Å²) in [6.07, 6.45) is -4.82. The van der Waals surface area contributed by atoms with Crippen LogP contribution < -0.4 is 10.1 Å². The van der Waals surface area contributed by atoms with Gasteiger partial charge in [0.15, 0.2) is 0 Å². The lowest BCUT2D eigenvalue weighted by atomic mass is 9.96. The number of carbonyl (C=O) groups is 3. The summed E-state index contributed by atoms with van der Waals surface area (Å²) in [4.78, 5) is 38.8. The van der Waals surface area contributed by atoms with Crippen LogP contribution in [0.5, 0.6) is 5.75 Å². The second-order valence-electron chi connectivity index (χ2n) is 9.39. The van der Waals surface area contributed by atoms with Crippen LogP contribution >= 0.6 is 0 Å². The number of carboxylic acid groups (broad SMARTS) is 1. The summed E-state index contributed by atoms with van der Waals surface area (Å²) < 4.78 is 40.8. The van der Waals surface area contributed by atoms with Crippen molar-refractivity contribution in [2.75, 3.05) is 5.32 Å². The van der Waals surface area contributed by atoms with E-state index < -0.39 is 30.0 Å². The fourth-order valence-corrected chi connectivity index (χ4v) is 4.57. The summed E-state index contributed by atoms with van der Waals surface area (Å²) in [5.74, 6) is -2.54. The molecule has 1 atom stereocenters. The summed E-state index contributed by atoms with van der Waals surface area (Å²) >= 11 is 0. The van der Waals surface area contributed by atoms with Crippen LogP contribution in [0.15, 0.2) is 60.7 Å². The highest BCUT2D eigenvalue weighted by atomic mass is 19.4. The number of nitrogens with zero attached hydrogens (tertiary/aromatic N) is 1. The Hall–Kier alpha value is -4.34. The number of ether oxygens (including phenoxy) is 1. The van der Waals surface area contributed by atoms with E-state index in [2.05, 4.69) is 10.1 Å². The number of hydrogen-bond acceptors (Lipinski definition) is 4. The van der Waals surface area contributed by atoms with E-state index in [9.17, 15) is 32.7 Å². The molecule has 0 aromatic heterocycles. The van der Waals surface area contributed by atoms with Gasteiger partial charge in [-0.05, 0) is 77.6 Å². The van der Waals surface area contributed by atoms with E-state index >= 15 is 0 Å². The number of benzene rings is 3. The zero-order valence-corrected chi connectivity index (χ0v) is 20.8. The Labute approximate surface area is 216 Å². The first-order valence-corrected chi connectivity index (χ1v) is 11.8. The van der Waals surface area contributed by atoms with E-state index in [0.717, 1.165) is 34.4 Å². The molecule has 3 aromatic carbocycles. The molecule has 1 heterocycles. The largest absolute Gasteiger partial charge is 0.573 e. The van der Waals surface area contributed by atoms with E-state index in [-0.39, 0.29) is 23.9 Å². The van der Waals surface area contributed by atoms with Crippen LogP contribution in [-0.2, 0) is 11.3 Å². The third-order valence-corrected chi connectivity index (χ3v) is 6.31. The van der Waals surface area contributed by atoms with Crippen LogP contribution in [0.25, 0.3) is 11.1 Å². The highest BCUT2D eigenvalue weighted by Crippen LogP contribution is 2.33. The molecule has 7 nitrogen and oxygen atoms in total. The molecule has 0 spiro atoms. The molecule has 38 heavy (non-hydrogen) atoms. The smallest absolute Gasteiger partial charge is 0.480 e. The van der Waals surface area contributed by atoms with Crippen LogP contribution in [0, 0.1) is 12.8 Å². The third-order valence-electron chi connectivity index (χ3n) is 6.31. The molecule has 1 unspecified atom stereocenters. The highest BCUT2D eigenvalue weighted by molar-refractivity contribution is 6.04. The van der Waals surface area contributed by atoms with Crippen molar-refractivity contribution in [2.45, 2.75) is 39.7 Å². The normalized spacial score (nSPS) is 13.9. The van der Waals surface area contributed by atoms with Crippen LogP contribution in [0.3, 0.4) is 0 Å². The van der Waals surface area contributed by atoms with Gasteiger partial charge in [-0.15, -0.1) is 13.2 Å². The van der Waals surface area contributed by atoms with Crippen LogP contribution in [0.1, 0.15) is 45.7 Å². The Morgan fingerprint density at radius 1 is 1.00 bits per heavy atom. The monoisotopic (exact) mass is 526 g/mol. The minimum atomic E-state index is -4.82. The van der Waals surface area contributed by atoms with Gasteiger partial charge in [-0.3, -0.25) is 9.59 Å². The number of amides is 2. The maximum absolute atomic E-state index is 13.1. The van der Waals surface area contributed by atoms with Gasteiger partial charge in [0.05, 0.1) is 0 Å². The van der Waals surface area contributed by atoms with Gasteiger partial charge < -0.3 is 20.1 Å². The number of fused-ring (bicyclic) bond motifs is 1. The predicted octanol–water partition coefficient (Wildman–Crippen LogP) is 5.88. The Balaban J connectivity index is 1.50. The van der Waals surface area contributed by atoms with Gasteiger partial charge in [-0.2, -0.15) is 0 Å². The molecule has 0 radical (unpaired) electrons. The second-order valence-corrected chi connectivity index (χ2v) is 9.39. The van der Waals surface area contributed by atoms with E-state index in [4.69, 9.17) is 0 Å². The van der Waals surface area contributed by atoms with Crippen LogP contribution in [0.2, 0.25) is 0 Å². The number of aryl methyl sites for hydroxylation is 1. The van der Waals surface area contributed by atoms with Crippen molar-refractivity contribution in [2.24, 2.45) is 5.92 Å². The Kier molecular flexibility index (Phi) is 7.17. The van der Waals surface area contributed by atoms with E-state index in [1.54, 1.807) is 38.1 Å². The van der Waals surface area contributed by atoms with Gasteiger partial charge in [-0.1, -0.05) is 32.0 Å². The molecular formula is C28H25F3N2O5. The fourth-order valence-electron chi connectivity index (χ4n) is 4.57. The minimum absolute atomic E-state index is 0.156. The Morgan fingerprint density at radius 2 is 1.68 bits per heavy atom. The molecule has 0 fully saturated rings. The van der Waals surface area contributed by atoms with Crippen molar-refractivity contribution < 1.29 is 37.4 Å². The van der Waals surface area contributed by atoms with Crippen LogP contribution in [-0.4, -0.2) is 40.2 Å². The summed E-state index contributed by atoms with van der Waals surface area (Å²) in [5, 5.41) is 12.3. The quantitative estimate of drug-likeness (QED) is 0.401. The van der Waals surface area contributed by atoms with Gasteiger partial charge in [-0.25, -0.2) is 4.79 Å². The molecule has 0 saturated heterocycles. The number of anilines is 1. The average molecular weight is 527 g/mol. The minimum Gasteiger partial charge on any atom is -0.480 e. The van der Waals surface area contributed by atoms with Crippen molar-refractivity contribution in [1.29, 1.82) is 0 Å². The van der Waals surface area contributed by atoms with Gasteiger partial charge in [0, 0.05) is 23.4 Å². The molecule has 0 aliphatic carbocycles. The number of alkyl halides is 3. The van der Waals surface area contributed by atoms with E-state index in [1.807, 2.05) is 19.1 Å². The van der Waals surface area contributed by atoms with Crippen LogP contribution in [0.4, 0.5) is 18.9 Å². The SMILES string of the molecule is Cc1cc(NC(=O)c2ccc(OC(F)(F)F)cc2)ccc1-c1ccc2c(c1)C(=O)N(C(C(=O)O)C(C)C)C2. The van der Waals surface area contributed by atoms with Gasteiger partial charge >= 0.3 is 12.3 Å². The molecule has 2 N–H and O–H groups in total. The predicted molar refractivity (Wildman–Crippen MR) is 134 cm³/mol. The van der Waals surface area contributed by atoms with Crippen molar-refractivity contribution in [1.82, 2.24) is 4.90 Å². The van der Waals surface area contributed by atoms with Crippen molar-refractivity contribution >= 4 is 23.5 Å². The van der Waals surface area contributed by atoms with E-state index in [0.29, 0.717) is 11.3 Å². The maximum atomic E-state index is 13.1. The standard InChI is InChI=1S/C28H25F3N2O5/c1-15(2)24(27(36)37)33-14-19-5-4-18(13-23(19)26(33)35)22-11-8-20(12-16(22)3)32-25(34)17-6-9-21(10-7-17)38-28(29,30)31/h4-13,15,24H,14H2,1-3H3,(H,32,34)(H,36,37). The Bertz CT molecular complexity index is 1400. The molecule has 2 amide bonds. The number of hydrogen-bond donors (Lipinski definition) is 2.